The lowest BCUT2D eigenvalue weighted by Crippen LogP contribution is -2.34. The number of nitrogens with one attached hydrogen (secondary N) is 1. The summed E-state index contributed by atoms with van der Waals surface area (Å²) in [4.78, 5) is 0. The predicted molar refractivity (Wildman–Crippen MR) is 79.2 cm³/mol. The molecule has 1 aliphatic rings. The SMILES string of the molecule is CCNC(c1cc2cc(F)ccc2o1)C1(C)CCCC1. The van der Waals surface area contributed by atoms with Crippen molar-refractivity contribution in [1.82, 2.24) is 5.32 Å². The topological polar surface area (TPSA) is 25.2 Å². The van der Waals surface area contributed by atoms with Gasteiger partial charge in [-0.2, -0.15) is 0 Å². The Bertz CT molecular complexity index is 598. The van der Waals surface area contributed by atoms with Gasteiger partial charge < -0.3 is 9.73 Å². The van der Waals surface area contributed by atoms with E-state index in [1.165, 1.54) is 31.7 Å². The number of furan rings is 1. The van der Waals surface area contributed by atoms with Crippen molar-refractivity contribution in [3.05, 3.63) is 35.8 Å². The lowest BCUT2D eigenvalue weighted by Gasteiger charge is -2.33. The summed E-state index contributed by atoms with van der Waals surface area (Å²) in [5, 5.41) is 4.42. The first-order valence-electron chi connectivity index (χ1n) is 7.55. The van der Waals surface area contributed by atoms with E-state index in [0.717, 1.165) is 23.3 Å². The third-order valence-electron chi connectivity index (χ3n) is 4.63. The van der Waals surface area contributed by atoms with Gasteiger partial charge in [0.1, 0.15) is 17.2 Å². The van der Waals surface area contributed by atoms with E-state index < -0.39 is 0 Å². The molecule has 1 saturated carbocycles. The average Bonchev–Trinajstić information content (AvgIpc) is 3.02. The van der Waals surface area contributed by atoms with Crippen LogP contribution in [0.4, 0.5) is 4.39 Å². The zero-order chi connectivity index (χ0) is 14.2. The molecule has 0 amide bonds. The van der Waals surface area contributed by atoms with Crippen LogP contribution in [0.5, 0.6) is 0 Å². The Balaban J connectivity index is 2.00. The molecular weight excluding hydrogens is 253 g/mol. The summed E-state index contributed by atoms with van der Waals surface area (Å²) in [7, 11) is 0. The predicted octanol–water partition coefficient (Wildman–Crippen LogP) is 4.80. The Morgan fingerprint density at radius 3 is 2.75 bits per heavy atom. The van der Waals surface area contributed by atoms with Gasteiger partial charge >= 0.3 is 0 Å². The average molecular weight is 275 g/mol. The van der Waals surface area contributed by atoms with Crippen molar-refractivity contribution in [3.63, 3.8) is 0 Å². The maximum atomic E-state index is 13.3. The van der Waals surface area contributed by atoms with Gasteiger partial charge in [-0.15, -0.1) is 0 Å². The maximum absolute atomic E-state index is 13.3. The van der Waals surface area contributed by atoms with Crippen LogP contribution in [-0.4, -0.2) is 6.54 Å². The fraction of sp³-hybridized carbons (Fsp3) is 0.529. The second-order valence-electron chi connectivity index (χ2n) is 6.18. The van der Waals surface area contributed by atoms with Gasteiger partial charge in [0.05, 0.1) is 6.04 Å². The van der Waals surface area contributed by atoms with Crippen LogP contribution in [0.3, 0.4) is 0 Å². The van der Waals surface area contributed by atoms with Crippen molar-refractivity contribution in [3.8, 4) is 0 Å². The van der Waals surface area contributed by atoms with Gasteiger partial charge in [0.25, 0.3) is 0 Å². The molecule has 1 unspecified atom stereocenters. The summed E-state index contributed by atoms with van der Waals surface area (Å²) in [6.45, 7) is 5.36. The molecule has 1 N–H and O–H groups in total. The molecule has 1 fully saturated rings. The molecule has 0 saturated heterocycles. The van der Waals surface area contributed by atoms with Crippen molar-refractivity contribution >= 4 is 11.0 Å². The molecule has 1 atom stereocenters. The number of fused-ring (bicyclic) bond motifs is 1. The number of hydrogen-bond acceptors (Lipinski definition) is 2. The monoisotopic (exact) mass is 275 g/mol. The molecule has 1 aliphatic carbocycles. The van der Waals surface area contributed by atoms with Gasteiger partial charge in [0.2, 0.25) is 0 Å². The highest BCUT2D eigenvalue weighted by atomic mass is 19.1. The summed E-state index contributed by atoms with van der Waals surface area (Å²) in [6.07, 6.45) is 5.01. The molecule has 3 rings (SSSR count). The molecule has 0 radical (unpaired) electrons. The summed E-state index contributed by atoms with van der Waals surface area (Å²) >= 11 is 0. The molecule has 0 spiro atoms. The van der Waals surface area contributed by atoms with Gasteiger partial charge in [0, 0.05) is 5.39 Å². The highest BCUT2D eigenvalue weighted by molar-refractivity contribution is 5.78. The number of hydrogen-bond donors (Lipinski definition) is 1. The van der Waals surface area contributed by atoms with E-state index in [2.05, 4.69) is 19.2 Å². The van der Waals surface area contributed by atoms with E-state index in [0.29, 0.717) is 0 Å². The second kappa shape index (κ2) is 5.21. The molecule has 1 heterocycles. The fourth-order valence-corrected chi connectivity index (χ4v) is 3.54. The van der Waals surface area contributed by atoms with Gasteiger partial charge in [-0.05, 0) is 49.1 Å². The minimum Gasteiger partial charge on any atom is -0.459 e. The van der Waals surface area contributed by atoms with Gasteiger partial charge in [-0.1, -0.05) is 26.7 Å². The van der Waals surface area contributed by atoms with E-state index in [1.54, 1.807) is 12.1 Å². The molecule has 20 heavy (non-hydrogen) atoms. The van der Waals surface area contributed by atoms with Crippen molar-refractivity contribution in [2.24, 2.45) is 5.41 Å². The summed E-state index contributed by atoms with van der Waals surface area (Å²) in [5.41, 5.74) is 1.01. The fourth-order valence-electron chi connectivity index (χ4n) is 3.54. The molecular formula is C17H22FNO. The molecule has 2 nitrogen and oxygen atoms in total. The summed E-state index contributed by atoms with van der Waals surface area (Å²) in [5.74, 6) is 0.730. The number of benzene rings is 1. The van der Waals surface area contributed by atoms with E-state index in [9.17, 15) is 4.39 Å². The molecule has 3 heteroatoms. The van der Waals surface area contributed by atoms with Crippen LogP contribution in [0.25, 0.3) is 11.0 Å². The first kappa shape index (κ1) is 13.6. The van der Waals surface area contributed by atoms with Gasteiger partial charge in [-0.25, -0.2) is 4.39 Å². The first-order valence-corrected chi connectivity index (χ1v) is 7.55. The lowest BCUT2D eigenvalue weighted by molar-refractivity contribution is 0.202. The number of halogens is 1. The Kier molecular flexibility index (Phi) is 3.55. The largest absolute Gasteiger partial charge is 0.459 e. The standard InChI is InChI=1S/C17H22FNO/c1-3-19-16(17(2)8-4-5-9-17)15-11-12-10-13(18)6-7-14(12)20-15/h6-7,10-11,16,19H,3-5,8-9H2,1-2H3. The number of rotatable bonds is 4. The molecule has 0 aliphatic heterocycles. The minimum atomic E-state index is -0.211. The zero-order valence-corrected chi connectivity index (χ0v) is 12.2. The van der Waals surface area contributed by atoms with Crippen LogP contribution in [0, 0.1) is 11.2 Å². The van der Waals surface area contributed by atoms with Crippen molar-refractivity contribution in [2.75, 3.05) is 6.54 Å². The molecule has 1 aromatic heterocycles. The van der Waals surface area contributed by atoms with E-state index in [-0.39, 0.29) is 17.3 Å². The van der Waals surface area contributed by atoms with Crippen LogP contribution < -0.4 is 5.32 Å². The van der Waals surface area contributed by atoms with Crippen molar-refractivity contribution in [1.29, 1.82) is 0 Å². The lowest BCUT2D eigenvalue weighted by atomic mass is 9.79. The first-order chi connectivity index (χ1) is 9.62. The van der Waals surface area contributed by atoms with E-state index in [4.69, 9.17) is 4.42 Å². The smallest absolute Gasteiger partial charge is 0.134 e. The zero-order valence-electron chi connectivity index (χ0n) is 12.2. The maximum Gasteiger partial charge on any atom is 0.134 e. The Labute approximate surface area is 119 Å². The molecule has 108 valence electrons. The van der Waals surface area contributed by atoms with Crippen molar-refractivity contribution < 1.29 is 8.81 Å². The second-order valence-corrected chi connectivity index (χ2v) is 6.18. The van der Waals surface area contributed by atoms with Crippen LogP contribution in [0.1, 0.15) is 51.3 Å². The Morgan fingerprint density at radius 2 is 2.05 bits per heavy atom. The Hall–Kier alpha value is -1.35. The summed E-state index contributed by atoms with van der Waals surface area (Å²) in [6, 6.07) is 6.92. The molecule has 1 aromatic carbocycles. The quantitative estimate of drug-likeness (QED) is 0.866. The van der Waals surface area contributed by atoms with Crippen LogP contribution in [-0.2, 0) is 0 Å². The normalized spacial score (nSPS) is 19.6. The van der Waals surface area contributed by atoms with Gasteiger partial charge in [0.15, 0.2) is 0 Å². The third-order valence-corrected chi connectivity index (χ3v) is 4.63. The molecule has 2 aromatic rings. The summed E-state index contributed by atoms with van der Waals surface area (Å²) < 4.78 is 19.3. The molecule has 0 bridgehead atoms. The third kappa shape index (κ3) is 2.35. The van der Waals surface area contributed by atoms with Crippen LogP contribution >= 0.6 is 0 Å². The highest BCUT2D eigenvalue weighted by Gasteiger charge is 2.39. The van der Waals surface area contributed by atoms with E-state index in [1.807, 2.05) is 6.07 Å². The van der Waals surface area contributed by atoms with Crippen molar-refractivity contribution in [2.45, 2.75) is 45.6 Å². The minimum absolute atomic E-state index is 0.211. The van der Waals surface area contributed by atoms with Crippen LogP contribution in [0.15, 0.2) is 28.7 Å². The highest BCUT2D eigenvalue weighted by Crippen LogP contribution is 2.48. The van der Waals surface area contributed by atoms with E-state index >= 15 is 0 Å². The Morgan fingerprint density at radius 1 is 1.30 bits per heavy atom. The van der Waals surface area contributed by atoms with Crippen LogP contribution in [0.2, 0.25) is 0 Å². The van der Waals surface area contributed by atoms with Gasteiger partial charge in [-0.3, -0.25) is 0 Å².